The van der Waals surface area contributed by atoms with Crippen molar-refractivity contribution in [2.75, 3.05) is 23.9 Å². The topological polar surface area (TPSA) is 78.5 Å². The molecule has 1 aromatic carbocycles. The largest absolute Gasteiger partial charge is 0.326 e. The fourth-order valence-electron chi connectivity index (χ4n) is 2.30. The fraction of sp³-hybridized carbons (Fsp3) is 0.400. The Morgan fingerprint density at radius 1 is 1.33 bits per heavy atom. The molecular formula is C15H17Br2N3O3S. The molecule has 0 spiro atoms. The van der Waals surface area contributed by atoms with Gasteiger partial charge in [0.2, 0.25) is 5.91 Å². The van der Waals surface area contributed by atoms with Crippen molar-refractivity contribution in [3.63, 3.8) is 0 Å². The van der Waals surface area contributed by atoms with Crippen LogP contribution in [0.15, 0.2) is 21.1 Å². The highest BCUT2D eigenvalue weighted by atomic mass is 79.9. The van der Waals surface area contributed by atoms with Crippen LogP contribution in [0.4, 0.5) is 10.5 Å². The molecule has 1 aliphatic heterocycles. The molecule has 130 valence electrons. The van der Waals surface area contributed by atoms with E-state index in [-0.39, 0.29) is 12.5 Å². The standard InChI is InChI=1S/C15H17Br2N3O3S/c1-8-5-9(16)13(10(17)6-8)19-12(21)7-20-14(22)11(3-4-24-2)18-15(20)23/h5-6,11H,3-4,7H2,1-2H3,(H,18,23)(H,19,21). The van der Waals surface area contributed by atoms with Crippen LogP contribution in [-0.4, -0.2) is 47.3 Å². The van der Waals surface area contributed by atoms with Crippen molar-refractivity contribution in [1.29, 1.82) is 0 Å². The van der Waals surface area contributed by atoms with Gasteiger partial charge in [0.25, 0.3) is 5.91 Å². The van der Waals surface area contributed by atoms with Gasteiger partial charge in [0.05, 0.1) is 5.69 Å². The number of nitrogens with one attached hydrogen (secondary N) is 2. The van der Waals surface area contributed by atoms with E-state index in [4.69, 9.17) is 0 Å². The monoisotopic (exact) mass is 477 g/mol. The SMILES string of the molecule is CSCCC1NC(=O)N(CC(=O)Nc2c(Br)cc(C)cc2Br)C1=O. The number of aryl methyl sites for hydroxylation is 1. The van der Waals surface area contributed by atoms with Crippen LogP contribution in [0.2, 0.25) is 0 Å². The summed E-state index contributed by atoms with van der Waals surface area (Å²) in [5.41, 5.74) is 1.59. The van der Waals surface area contributed by atoms with Crippen LogP contribution in [0.5, 0.6) is 0 Å². The van der Waals surface area contributed by atoms with E-state index < -0.39 is 18.0 Å². The number of hydrogen-bond donors (Lipinski definition) is 2. The average molecular weight is 479 g/mol. The van der Waals surface area contributed by atoms with Gasteiger partial charge in [-0.1, -0.05) is 0 Å². The zero-order chi connectivity index (χ0) is 17.9. The molecule has 6 nitrogen and oxygen atoms in total. The van der Waals surface area contributed by atoms with Crippen LogP contribution in [0.1, 0.15) is 12.0 Å². The molecule has 24 heavy (non-hydrogen) atoms. The Hall–Kier alpha value is -1.06. The van der Waals surface area contributed by atoms with E-state index in [9.17, 15) is 14.4 Å². The maximum Gasteiger partial charge on any atom is 0.325 e. The number of anilines is 1. The lowest BCUT2D eigenvalue weighted by Crippen LogP contribution is -2.38. The molecule has 1 unspecified atom stereocenters. The number of hydrogen-bond acceptors (Lipinski definition) is 4. The highest BCUT2D eigenvalue weighted by Gasteiger charge is 2.38. The van der Waals surface area contributed by atoms with Crippen molar-refractivity contribution in [2.45, 2.75) is 19.4 Å². The number of urea groups is 1. The minimum Gasteiger partial charge on any atom is -0.326 e. The second-order valence-corrected chi connectivity index (χ2v) is 8.05. The quantitative estimate of drug-likeness (QED) is 0.615. The summed E-state index contributed by atoms with van der Waals surface area (Å²) in [5.74, 6) is -0.0273. The molecule has 4 amide bonds. The summed E-state index contributed by atoms with van der Waals surface area (Å²) in [6.07, 6.45) is 2.49. The first-order valence-electron chi connectivity index (χ1n) is 7.19. The van der Waals surface area contributed by atoms with Gasteiger partial charge in [0.15, 0.2) is 0 Å². The lowest BCUT2D eigenvalue weighted by atomic mass is 10.2. The highest BCUT2D eigenvalue weighted by molar-refractivity contribution is 9.11. The third-order valence-corrected chi connectivity index (χ3v) is 5.37. The van der Waals surface area contributed by atoms with Gasteiger partial charge in [-0.15, -0.1) is 0 Å². The van der Waals surface area contributed by atoms with Crippen molar-refractivity contribution in [3.8, 4) is 0 Å². The minimum atomic E-state index is -0.546. The predicted octanol–water partition coefficient (Wildman–Crippen LogP) is 3.13. The number of rotatable bonds is 6. The molecule has 1 aromatic rings. The van der Waals surface area contributed by atoms with Crippen LogP contribution >= 0.6 is 43.6 Å². The molecular weight excluding hydrogens is 462 g/mol. The summed E-state index contributed by atoms with van der Waals surface area (Å²) in [5, 5.41) is 5.33. The van der Waals surface area contributed by atoms with Crippen molar-refractivity contribution < 1.29 is 14.4 Å². The first-order chi connectivity index (χ1) is 11.3. The maximum absolute atomic E-state index is 12.2. The molecule has 0 aliphatic carbocycles. The van der Waals surface area contributed by atoms with E-state index in [1.807, 2.05) is 25.3 Å². The Bertz CT molecular complexity index is 661. The van der Waals surface area contributed by atoms with Crippen molar-refractivity contribution in [2.24, 2.45) is 0 Å². The molecule has 2 rings (SSSR count). The van der Waals surface area contributed by atoms with Crippen LogP contribution in [0, 0.1) is 6.92 Å². The molecule has 0 aromatic heterocycles. The van der Waals surface area contributed by atoms with Gasteiger partial charge in [-0.2, -0.15) is 11.8 Å². The summed E-state index contributed by atoms with van der Waals surface area (Å²) in [6, 6.07) is 2.66. The van der Waals surface area contributed by atoms with E-state index in [2.05, 4.69) is 42.5 Å². The van der Waals surface area contributed by atoms with E-state index in [0.29, 0.717) is 12.1 Å². The summed E-state index contributed by atoms with van der Waals surface area (Å²) < 4.78 is 1.44. The zero-order valence-electron chi connectivity index (χ0n) is 13.2. The van der Waals surface area contributed by atoms with Crippen molar-refractivity contribution in [1.82, 2.24) is 10.2 Å². The molecule has 1 fully saturated rings. The summed E-state index contributed by atoms with van der Waals surface area (Å²) >= 11 is 8.39. The fourth-order valence-corrected chi connectivity index (χ4v) is 4.38. The smallest absolute Gasteiger partial charge is 0.325 e. The Labute approximate surface area is 161 Å². The molecule has 1 atom stereocenters. The van der Waals surface area contributed by atoms with Gasteiger partial charge >= 0.3 is 6.03 Å². The molecule has 2 N–H and O–H groups in total. The van der Waals surface area contributed by atoms with Crippen molar-refractivity contribution >= 4 is 67.2 Å². The lowest BCUT2D eigenvalue weighted by molar-refractivity contribution is -0.130. The maximum atomic E-state index is 12.2. The molecule has 0 bridgehead atoms. The van der Waals surface area contributed by atoms with E-state index >= 15 is 0 Å². The Kier molecular flexibility index (Phi) is 6.70. The predicted molar refractivity (Wildman–Crippen MR) is 102 cm³/mol. The Balaban J connectivity index is 2.02. The second kappa shape index (κ2) is 8.35. The summed E-state index contributed by atoms with van der Waals surface area (Å²) in [4.78, 5) is 37.3. The second-order valence-electron chi connectivity index (χ2n) is 5.36. The number of halogens is 2. The Morgan fingerprint density at radius 3 is 2.54 bits per heavy atom. The minimum absolute atomic E-state index is 0.312. The zero-order valence-corrected chi connectivity index (χ0v) is 17.2. The number of amides is 4. The first kappa shape index (κ1) is 19.3. The van der Waals surface area contributed by atoms with Gasteiger partial charge in [0.1, 0.15) is 12.6 Å². The van der Waals surface area contributed by atoms with Gasteiger partial charge in [-0.25, -0.2) is 4.79 Å². The molecule has 1 heterocycles. The van der Waals surface area contributed by atoms with Crippen LogP contribution in [0.25, 0.3) is 0 Å². The lowest BCUT2D eigenvalue weighted by Gasteiger charge is -2.15. The third kappa shape index (κ3) is 4.52. The Morgan fingerprint density at radius 2 is 1.96 bits per heavy atom. The van der Waals surface area contributed by atoms with Crippen LogP contribution < -0.4 is 10.6 Å². The number of benzene rings is 1. The van der Waals surface area contributed by atoms with Crippen molar-refractivity contribution in [3.05, 3.63) is 26.6 Å². The van der Waals surface area contributed by atoms with Gasteiger partial charge in [-0.05, 0) is 74.9 Å². The highest BCUT2D eigenvalue weighted by Crippen LogP contribution is 2.32. The molecule has 1 saturated heterocycles. The van der Waals surface area contributed by atoms with E-state index in [0.717, 1.165) is 25.2 Å². The van der Waals surface area contributed by atoms with Crippen LogP contribution in [0.3, 0.4) is 0 Å². The summed E-state index contributed by atoms with van der Waals surface area (Å²) in [7, 11) is 0. The van der Waals surface area contributed by atoms with Gasteiger partial charge in [0, 0.05) is 8.95 Å². The number of carbonyl (C=O) groups is 3. The molecule has 1 aliphatic rings. The van der Waals surface area contributed by atoms with Gasteiger partial charge < -0.3 is 10.6 Å². The summed E-state index contributed by atoms with van der Waals surface area (Å²) in [6.45, 7) is 1.62. The van der Waals surface area contributed by atoms with Crippen LogP contribution in [-0.2, 0) is 9.59 Å². The third-order valence-electron chi connectivity index (χ3n) is 3.47. The number of nitrogens with zero attached hydrogens (tertiary/aromatic N) is 1. The molecule has 9 heteroatoms. The number of imide groups is 1. The molecule has 0 saturated carbocycles. The molecule has 0 radical (unpaired) electrons. The number of thioether (sulfide) groups is 1. The number of carbonyl (C=O) groups excluding carboxylic acids is 3. The average Bonchev–Trinajstić information content (AvgIpc) is 2.76. The van der Waals surface area contributed by atoms with E-state index in [1.54, 1.807) is 11.8 Å². The van der Waals surface area contributed by atoms with E-state index in [1.165, 1.54) is 0 Å². The normalized spacial score (nSPS) is 17.2. The first-order valence-corrected chi connectivity index (χ1v) is 10.2. The van der Waals surface area contributed by atoms with Gasteiger partial charge in [-0.3, -0.25) is 14.5 Å².